The Morgan fingerprint density at radius 2 is 1.88 bits per heavy atom. The SMILES string of the molecule is CCCc1ccc(NC(=O)CC(=O)O)cc1. The van der Waals surface area contributed by atoms with Crippen molar-refractivity contribution >= 4 is 17.6 Å². The maximum atomic E-state index is 11.1. The number of anilines is 1. The number of aryl methyl sites for hydroxylation is 1. The van der Waals surface area contributed by atoms with Gasteiger partial charge in [0.2, 0.25) is 5.91 Å². The van der Waals surface area contributed by atoms with Crippen LogP contribution < -0.4 is 5.32 Å². The summed E-state index contributed by atoms with van der Waals surface area (Å²) in [4.78, 5) is 21.4. The van der Waals surface area contributed by atoms with Gasteiger partial charge >= 0.3 is 5.97 Å². The van der Waals surface area contributed by atoms with Crippen LogP contribution in [0.25, 0.3) is 0 Å². The fraction of sp³-hybridized carbons (Fsp3) is 0.333. The van der Waals surface area contributed by atoms with E-state index in [9.17, 15) is 9.59 Å². The Hall–Kier alpha value is -1.84. The fourth-order valence-corrected chi connectivity index (χ4v) is 1.39. The van der Waals surface area contributed by atoms with Crippen molar-refractivity contribution in [1.29, 1.82) is 0 Å². The zero-order valence-electron chi connectivity index (χ0n) is 9.19. The van der Waals surface area contributed by atoms with Crippen molar-refractivity contribution in [3.8, 4) is 0 Å². The largest absolute Gasteiger partial charge is 0.481 e. The van der Waals surface area contributed by atoms with Gasteiger partial charge in [-0.3, -0.25) is 9.59 Å². The standard InChI is InChI=1S/C12H15NO3/c1-2-3-9-4-6-10(7-5-9)13-11(14)8-12(15)16/h4-7H,2-3,8H2,1H3,(H,13,14)(H,15,16). The highest BCUT2D eigenvalue weighted by molar-refractivity contribution is 6.01. The molecule has 4 heteroatoms. The molecule has 0 aliphatic carbocycles. The molecule has 0 unspecified atom stereocenters. The second-order valence-electron chi connectivity index (χ2n) is 3.57. The molecule has 1 amide bonds. The number of hydrogen-bond acceptors (Lipinski definition) is 2. The van der Waals surface area contributed by atoms with Crippen molar-refractivity contribution in [3.63, 3.8) is 0 Å². The van der Waals surface area contributed by atoms with Gasteiger partial charge in [0.15, 0.2) is 0 Å². The van der Waals surface area contributed by atoms with Crippen LogP contribution in [-0.2, 0) is 16.0 Å². The van der Waals surface area contributed by atoms with Crippen molar-refractivity contribution < 1.29 is 14.7 Å². The average Bonchev–Trinajstić information content (AvgIpc) is 2.20. The highest BCUT2D eigenvalue weighted by Crippen LogP contribution is 2.11. The number of hydrogen-bond donors (Lipinski definition) is 2. The number of carbonyl (C=O) groups excluding carboxylic acids is 1. The molecule has 0 radical (unpaired) electrons. The van der Waals surface area contributed by atoms with Crippen molar-refractivity contribution in [3.05, 3.63) is 29.8 Å². The van der Waals surface area contributed by atoms with Crippen molar-refractivity contribution in [2.45, 2.75) is 26.2 Å². The quantitative estimate of drug-likeness (QED) is 0.748. The van der Waals surface area contributed by atoms with Crippen LogP contribution in [0.15, 0.2) is 24.3 Å². The molecule has 16 heavy (non-hydrogen) atoms. The van der Waals surface area contributed by atoms with Crippen LogP contribution in [0.1, 0.15) is 25.3 Å². The van der Waals surface area contributed by atoms with Crippen LogP contribution >= 0.6 is 0 Å². The van der Waals surface area contributed by atoms with Crippen LogP contribution in [0.2, 0.25) is 0 Å². The van der Waals surface area contributed by atoms with E-state index in [0.29, 0.717) is 5.69 Å². The predicted molar refractivity (Wildman–Crippen MR) is 61.3 cm³/mol. The minimum absolute atomic E-state index is 0.503. The summed E-state index contributed by atoms with van der Waals surface area (Å²) in [6.45, 7) is 2.10. The molecule has 0 saturated heterocycles. The molecule has 0 bridgehead atoms. The molecule has 1 rings (SSSR count). The molecule has 0 atom stereocenters. The average molecular weight is 221 g/mol. The van der Waals surface area contributed by atoms with E-state index in [-0.39, 0.29) is 0 Å². The molecule has 0 aliphatic heterocycles. The summed E-state index contributed by atoms with van der Waals surface area (Å²) < 4.78 is 0. The number of amides is 1. The molecule has 1 aromatic rings. The monoisotopic (exact) mass is 221 g/mol. The van der Waals surface area contributed by atoms with Gasteiger partial charge in [0.25, 0.3) is 0 Å². The van der Waals surface area contributed by atoms with Gasteiger partial charge < -0.3 is 10.4 Å². The van der Waals surface area contributed by atoms with Crippen molar-refractivity contribution in [2.75, 3.05) is 5.32 Å². The molecule has 0 saturated carbocycles. The lowest BCUT2D eigenvalue weighted by Gasteiger charge is -2.04. The number of rotatable bonds is 5. The number of nitrogens with one attached hydrogen (secondary N) is 1. The molecule has 0 fully saturated rings. The Bertz CT molecular complexity index is 370. The summed E-state index contributed by atoms with van der Waals surface area (Å²) in [5.41, 5.74) is 1.84. The van der Waals surface area contributed by atoms with Gasteiger partial charge in [-0.1, -0.05) is 25.5 Å². The molecule has 0 heterocycles. The van der Waals surface area contributed by atoms with Crippen LogP contribution in [0.4, 0.5) is 5.69 Å². The third-order valence-corrected chi connectivity index (χ3v) is 2.09. The number of carbonyl (C=O) groups is 2. The third kappa shape index (κ3) is 4.13. The second-order valence-corrected chi connectivity index (χ2v) is 3.57. The first kappa shape index (κ1) is 12.2. The summed E-state index contributed by atoms with van der Waals surface area (Å²) in [6, 6.07) is 7.43. The van der Waals surface area contributed by atoms with Crippen LogP contribution in [0, 0.1) is 0 Å². The first-order valence-electron chi connectivity index (χ1n) is 5.22. The molecule has 4 nitrogen and oxygen atoms in total. The number of aliphatic carboxylic acids is 1. The minimum Gasteiger partial charge on any atom is -0.481 e. The van der Waals surface area contributed by atoms with Gasteiger partial charge in [0.05, 0.1) is 0 Å². The van der Waals surface area contributed by atoms with E-state index >= 15 is 0 Å². The summed E-state index contributed by atoms with van der Waals surface area (Å²) >= 11 is 0. The molecular formula is C12H15NO3. The highest BCUT2D eigenvalue weighted by atomic mass is 16.4. The zero-order chi connectivity index (χ0) is 12.0. The summed E-state index contributed by atoms with van der Waals surface area (Å²) in [6.07, 6.45) is 1.57. The molecule has 86 valence electrons. The summed E-state index contributed by atoms with van der Waals surface area (Å²) in [5.74, 6) is -1.63. The Balaban J connectivity index is 2.54. The predicted octanol–water partition coefficient (Wildman–Crippen LogP) is 2.05. The Morgan fingerprint density at radius 3 is 2.38 bits per heavy atom. The maximum absolute atomic E-state index is 11.1. The van der Waals surface area contributed by atoms with E-state index in [1.54, 1.807) is 12.1 Å². The third-order valence-electron chi connectivity index (χ3n) is 2.09. The number of carboxylic acid groups (broad SMARTS) is 1. The fourth-order valence-electron chi connectivity index (χ4n) is 1.39. The van der Waals surface area contributed by atoms with E-state index in [1.165, 1.54) is 5.56 Å². The van der Waals surface area contributed by atoms with Gasteiger partial charge in [0, 0.05) is 5.69 Å². The Labute approximate surface area is 94.3 Å². The minimum atomic E-state index is -1.12. The lowest BCUT2D eigenvalue weighted by atomic mass is 10.1. The van der Waals surface area contributed by atoms with Crippen molar-refractivity contribution in [2.24, 2.45) is 0 Å². The highest BCUT2D eigenvalue weighted by Gasteiger charge is 2.07. The van der Waals surface area contributed by atoms with Gasteiger partial charge in [-0.15, -0.1) is 0 Å². The van der Waals surface area contributed by atoms with Crippen LogP contribution in [0.3, 0.4) is 0 Å². The molecule has 1 aromatic carbocycles. The van der Waals surface area contributed by atoms with Gasteiger partial charge in [-0.25, -0.2) is 0 Å². The number of benzene rings is 1. The molecule has 2 N–H and O–H groups in total. The number of carboxylic acids is 1. The lowest BCUT2D eigenvalue weighted by Crippen LogP contribution is -2.15. The first-order valence-corrected chi connectivity index (χ1v) is 5.22. The van der Waals surface area contributed by atoms with Crippen LogP contribution in [0.5, 0.6) is 0 Å². The molecule has 0 aliphatic rings. The smallest absolute Gasteiger partial charge is 0.312 e. The molecule has 0 aromatic heterocycles. The topological polar surface area (TPSA) is 66.4 Å². The van der Waals surface area contributed by atoms with Crippen molar-refractivity contribution in [1.82, 2.24) is 0 Å². The normalized spacial score (nSPS) is 9.81. The summed E-state index contributed by atoms with van der Waals surface area (Å²) in [7, 11) is 0. The maximum Gasteiger partial charge on any atom is 0.312 e. The van der Waals surface area contributed by atoms with Gasteiger partial charge in [-0.05, 0) is 24.1 Å². The van der Waals surface area contributed by atoms with Gasteiger partial charge in [-0.2, -0.15) is 0 Å². The lowest BCUT2D eigenvalue weighted by molar-refractivity contribution is -0.139. The van der Waals surface area contributed by atoms with Gasteiger partial charge in [0.1, 0.15) is 6.42 Å². The molecular weight excluding hydrogens is 206 g/mol. The molecule has 0 spiro atoms. The van der Waals surface area contributed by atoms with Crippen LogP contribution in [-0.4, -0.2) is 17.0 Å². The van der Waals surface area contributed by atoms with E-state index < -0.39 is 18.3 Å². The Kier molecular flexibility index (Phi) is 4.51. The van der Waals surface area contributed by atoms with E-state index in [4.69, 9.17) is 5.11 Å². The summed E-state index contributed by atoms with van der Waals surface area (Å²) in [5, 5.41) is 10.9. The van der Waals surface area contributed by atoms with E-state index in [0.717, 1.165) is 12.8 Å². The van der Waals surface area contributed by atoms with E-state index in [1.807, 2.05) is 12.1 Å². The van der Waals surface area contributed by atoms with E-state index in [2.05, 4.69) is 12.2 Å². The first-order chi connectivity index (χ1) is 7.61. The Morgan fingerprint density at radius 1 is 1.25 bits per heavy atom. The zero-order valence-corrected chi connectivity index (χ0v) is 9.19. The second kappa shape index (κ2) is 5.90.